The number of carbonyl (C=O) groups is 1. The van der Waals surface area contributed by atoms with Gasteiger partial charge in [0.1, 0.15) is 0 Å². The van der Waals surface area contributed by atoms with Crippen molar-refractivity contribution in [2.45, 2.75) is 31.3 Å². The zero-order valence-corrected chi connectivity index (χ0v) is 14.9. The topological polar surface area (TPSA) is 74.7 Å². The molecule has 1 N–H and O–H groups in total. The molecule has 2 aromatic carbocycles. The molecule has 0 amide bonds. The summed E-state index contributed by atoms with van der Waals surface area (Å²) in [7, 11) is -3.68. The molecular weight excluding hydrogens is 350 g/mol. The van der Waals surface area contributed by atoms with Gasteiger partial charge in [-0.05, 0) is 55.8 Å². The summed E-state index contributed by atoms with van der Waals surface area (Å²) in [6, 6.07) is 11.9. The van der Waals surface area contributed by atoms with Crippen molar-refractivity contribution in [3.05, 3.63) is 64.7 Å². The van der Waals surface area contributed by atoms with Gasteiger partial charge in [0.2, 0.25) is 10.0 Å². The van der Waals surface area contributed by atoms with E-state index in [1.54, 1.807) is 26.0 Å². The smallest absolute Gasteiger partial charge is 0.335 e. The summed E-state index contributed by atoms with van der Waals surface area (Å²) in [5.41, 5.74) is 0.877. The van der Waals surface area contributed by atoms with Crippen LogP contribution in [0.25, 0.3) is 0 Å². The van der Waals surface area contributed by atoms with E-state index in [1.807, 2.05) is 0 Å². The fraction of sp³-hybridized carbons (Fsp3) is 0.235. The Balaban J connectivity index is 2.32. The van der Waals surface area contributed by atoms with Crippen LogP contribution in [-0.4, -0.2) is 29.8 Å². The zero-order chi connectivity index (χ0) is 17.9. The Labute approximate surface area is 146 Å². The van der Waals surface area contributed by atoms with Crippen molar-refractivity contribution < 1.29 is 18.3 Å². The first kappa shape index (κ1) is 18.4. The minimum Gasteiger partial charge on any atom is -0.478 e. The molecule has 0 unspecified atom stereocenters. The lowest BCUT2D eigenvalue weighted by atomic mass is 10.1. The first-order valence-electron chi connectivity index (χ1n) is 7.31. The van der Waals surface area contributed by atoms with Gasteiger partial charge < -0.3 is 5.11 Å². The lowest BCUT2D eigenvalue weighted by Gasteiger charge is -2.26. The lowest BCUT2D eigenvalue weighted by Crippen LogP contribution is -2.36. The number of hydrogen-bond acceptors (Lipinski definition) is 3. The summed E-state index contributed by atoms with van der Waals surface area (Å²) in [6.07, 6.45) is 0. The van der Waals surface area contributed by atoms with E-state index < -0.39 is 16.0 Å². The minimum absolute atomic E-state index is 0.155. The first-order valence-corrected chi connectivity index (χ1v) is 9.13. The lowest BCUT2D eigenvalue weighted by molar-refractivity contribution is 0.0697. The number of aromatic carboxylic acids is 1. The molecule has 7 heteroatoms. The Morgan fingerprint density at radius 1 is 1.08 bits per heavy atom. The second kappa shape index (κ2) is 7.34. The maximum Gasteiger partial charge on any atom is 0.335 e. The van der Waals surface area contributed by atoms with Crippen LogP contribution >= 0.6 is 11.6 Å². The molecule has 128 valence electrons. The quantitative estimate of drug-likeness (QED) is 0.845. The Morgan fingerprint density at radius 2 is 1.62 bits per heavy atom. The van der Waals surface area contributed by atoms with Gasteiger partial charge >= 0.3 is 5.97 Å². The Kier molecular flexibility index (Phi) is 5.64. The number of carboxylic acids is 1. The Hall–Kier alpha value is -1.89. The van der Waals surface area contributed by atoms with Gasteiger partial charge in [-0.3, -0.25) is 0 Å². The van der Waals surface area contributed by atoms with Crippen LogP contribution in [0.3, 0.4) is 0 Å². The maximum absolute atomic E-state index is 12.9. The third kappa shape index (κ3) is 4.14. The SMILES string of the molecule is CC(C)N(Cc1ccc(C(=O)O)cc1)S(=O)(=O)c1ccc(Cl)cc1. The molecule has 5 nitrogen and oxygen atoms in total. The number of benzene rings is 2. The molecule has 0 aromatic heterocycles. The summed E-state index contributed by atoms with van der Waals surface area (Å²) in [5, 5.41) is 9.40. The largest absolute Gasteiger partial charge is 0.478 e. The highest BCUT2D eigenvalue weighted by Crippen LogP contribution is 2.22. The van der Waals surface area contributed by atoms with Crippen LogP contribution < -0.4 is 0 Å². The third-order valence-electron chi connectivity index (χ3n) is 3.54. The molecule has 0 aliphatic heterocycles. The van der Waals surface area contributed by atoms with E-state index in [9.17, 15) is 13.2 Å². The van der Waals surface area contributed by atoms with Crippen molar-refractivity contribution in [2.24, 2.45) is 0 Å². The molecule has 2 aromatic rings. The van der Waals surface area contributed by atoms with Crippen molar-refractivity contribution in [2.75, 3.05) is 0 Å². The molecular formula is C17H18ClNO4S. The van der Waals surface area contributed by atoms with Crippen molar-refractivity contribution in [3.63, 3.8) is 0 Å². The van der Waals surface area contributed by atoms with Crippen LogP contribution in [0.5, 0.6) is 0 Å². The summed E-state index contributed by atoms with van der Waals surface area (Å²) >= 11 is 5.82. The first-order chi connectivity index (χ1) is 11.2. The normalized spacial score (nSPS) is 11.9. The molecule has 0 saturated carbocycles. The van der Waals surface area contributed by atoms with Crippen molar-refractivity contribution >= 4 is 27.6 Å². The highest BCUT2D eigenvalue weighted by molar-refractivity contribution is 7.89. The van der Waals surface area contributed by atoms with E-state index in [4.69, 9.17) is 16.7 Å². The van der Waals surface area contributed by atoms with Crippen molar-refractivity contribution in [1.82, 2.24) is 4.31 Å². The van der Waals surface area contributed by atoms with Gasteiger partial charge in [0, 0.05) is 17.6 Å². The van der Waals surface area contributed by atoms with Gasteiger partial charge in [-0.1, -0.05) is 23.7 Å². The van der Waals surface area contributed by atoms with Crippen LogP contribution in [0.2, 0.25) is 5.02 Å². The molecule has 0 fully saturated rings. The Bertz CT molecular complexity index is 815. The molecule has 0 bridgehead atoms. The molecule has 0 heterocycles. The summed E-state index contributed by atoms with van der Waals surface area (Å²) in [4.78, 5) is 11.1. The van der Waals surface area contributed by atoms with Gasteiger partial charge in [-0.15, -0.1) is 0 Å². The average Bonchev–Trinajstić information content (AvgIpc) is 2.53. The zero-order valence-electron chi connectivity index (χ0n) is 13.3. The van der Waals surface area contributed by atoms with Crippen LogP contribution in [0.4, 0.5) is 0 Å². The van der Waals surface area contributed by atoms with E-state index in [2.05, 4.69) is 0 Å². The van der Waals surface area contributed by atoms with Gasteiger partial charge in [-0.2, -0.15) is 4.31 Å². The van der Waals surface area contributed by atoms with E-state index >= 15 is 0 Å². The number of rotatable bonds is 6. The highest BCUT2D eigenvalue weighted by Gasteiger charge is 2.27. The Morgan fingerprint density at radius 3 is 2.08 bits per heavy atom. The monoisotopic (exact) mass is 367 g/mol. The van der Waals surface area contributed by atoms with Gasteiger partial charge in [0.05, 0.1) is 10.5 Å². The second-order valence-electron chi connectivity index (χ2n) is 5.60. The summed E-state index contributed by atoms with van der Waals surface area (Å²) < 4.78 is 27.1. The van der Waals surface area contributed by atoms with E-state index in [0.717, 1.165) is 0 Å². The summed E-state index contributed by atoms with van der Waals surface area (Å²) in [5.74, 6) is -1.02. The summed E-state index contributed by atoms with van der Waals surface area (Å²) in [6.45, 7) is 3.74. The van der Waals surface area contributed by atoms with Crippen LogP contribution in [-0.2, 0) is 16.6 Å². The molecule has 0 spiro atoms. The van der Waals surface area contributed by atoms with E-state index in [0.29, 0.717) is 10.6 Å². The van der Waals surface area contributed by atoms with Crippen LogP contribution in [0.1, 0.15) is 29.8 Å². The predicted octanol–water partition coefficient (Wildman–Crippen LogP) is 3.64. The number of sulfonamides is 1. The standard InChI is InChI=1S/C17H18ClNO4S/c1-12(2)19(11-13-3-5-14(6-4-13)17(20)21)24(22,23)16-9-7-15(18)8-10-16/h3-10,12H,11H2,1-2H3,(H,20,21). The number of nitrogens with zero attached hydrogens (tertiary/aromatic N) is 1. The molecule has 0 aliphatic carbocycles. The second-order valence-corrected chi connectivity index (χ2v) is 7.93. The van der Waals surface area contributed by atoms with E-state index in [1.165, 1.54) is 40.7 Å². The maximum atomic E-state index is 12.9. The number of hydrogen-bond donors (Lipinski definition) is 1. The van der Waals surface area contributed by atoms with Gasteiger partial charge in [0.25, 0.3) is 0 Å². The highest BCUT2D eigenvalue weighted by atomic mass is 35.5. The molecule has 0 atom stereocenters. The fourth-order valence-corrected chi connectivity index (χ4v) is 3.97. The molecule has 0 radical (unpaired) electrons. The van der Waals surface area contributed by atoms with Gasteiger partial charge in [-0.25, -0.2) is 13.2 Å². The number of halogens is 1. The average molecular weight is 368 g/mol. The molecule has 2 rings (SSSR count). The minimum atomic E-state index is -3.68. The van der Waals surface area contributed by atoms with E-state index in [-0.39, 0.29) is 23.0 Å². The number of carboxylic acid groups (broad SMARTS) is 1. The third-order valence-corrected chi connectivity index (χ3v) is 5.82. The predicted molar refractivity (Wildman–Crippen MR) is 92.7 cm³/mol. The van der Waals surface area contributed by atoms with Gasteiger partial charge in [0.15, 0.2) is 0 Å². The molecule has 24 heavy (non-hydrogen) atoms. The van der Waals surface area contributed by atoms with Crippen molar-refractivity contribution in [3.8, 4) is 0 Å². The van der Waals surface area contributed by atoms with Crippen LogP contribution in [0, 0.1) is 0 Å². The fourth-order valence-electron chi connectivity index (χ4n) is 2.22. The van der Waals surface area contributed by atoms with Crippen molar-refractivity contribution in [1.29, 1.82) is 0 Å². The molecule has 0 saturated heterocycles. The molecule has 0 aliphatic rings. The van der Waals surface area contributed by atoms with Crippen LogP contribution in [0.15, 0.2) is 53.4 Å².